The molecule has 0 saturated heterocycles. The highest BCUT2D eigenvalue weighted by Gasteiger charge is 2.25. The van der Waals surface area contributed by atoms with Crippen molar-refractivity contribution in [2.75, 3.05) is 26.2 Å². The predicted molar refractivity (Wildman–Crippen MR) is 88.1 cm³/mol. The molecule has 0 spiro atoms. The molecule has 0 aliphatic rings. The van der Waals surface area contributed by atoms with Gasteiger partial charge in [0.1, 0.15) is 11.4 Å². The lowest BCUT2D eigenvalue weighted by Crippen LogP contribution is -2.39. The van der Waals surface area contributed by atoms with Crippen LogP contribution in [0.15, 0.2) is 27.8 Å². The van der Waals surface area contributed by atoms with Crippen LogP contribution in [0.25, 0.3) is 0 Å². The smallest absolute Gasteiger partial charge is 0.305 e. The fourth-order valence-corrected chi connectivity index (χ4v) is 1.91. The first-order chi connectivity index (χ1) is 11.0. The Labute approximate surface area is 137 Å². The number of ether oxygens (including phenoxy) is 1. The SMILES string of the molecule is CCNC(=NCC(C)(O)c1ccco1)NCCCC(=O)OCC. The second kappa shape index (κ2) is 9.89. The van der Waals surface area contributed by atoms with Crippen molar-refractivity contribution in [2.24, 2.45) is 4.99 Å². The van der Waals surface area contributed by atoms with Crippen LogP contribution in [0.4, 0.5) is 0 Å². The maximum Gasteiger partial charge on any atom is 0.305 e. The Morgan fingerprint density at radius 1 is 1.43 bits per heavy atom. The summed E-state index contributed by atoms with van der Waals surface area (Å²) in [4.78, 5) is 15.6. The van der Waals surface area contributed by atoms with Crippen molar-refractivity contribution >= 4 is 11.9 Å². The Morgan fingerprint density at radius 2 is 2.22 bits per heavy atom. The summed E-state index contributed by atoms with van der Waals surface area (Å²) in [5.41, 5.74) is -1.17. The summed E-state index contributed by atoms with van der Waals surface area (Å²) in [6, 6.07) is 3.45. The highest BCUT2D eigenvalue weighted by atomic mass is 16.5. The molecule has 3 N–H and O–H groups in total. The van der Waals surface area contributed by atoms with Crippen molar-refractivity contribution in [3.05, 3.63) is 24.2 Å². The van der Waals surface area contributed by atoms with Crippen LogP contribution in [0.1, 0.15) is 39.4 Å². The maximum atomic E-state index is 11.3. The van der Waals surface area contributed by atoms with E-state index in [0.717, 1.165) is 0 Å². The van der Waals surface area contributed by atoms with Gasteiger partial charge in [-0.1, -0.05) is 0 Å². The minimum atomic E-state index is -1.17. The molecular weight excluding hydrogens is 298 g/mol. The van der Waals surface area contributed by atoms with Gasteiger partial charge in [-0.25, -0.2) is 4.99 Å². The fraction of sp³-hybridized carbons (Fsp3) is 0.625. The molecule has 1 rings (SSSR count). The molecule has 0 saturated carbocycles. The Hall–Kier alpha value is -2.02. The lowest BCUT2D eigenvalue weighted by atomic mass is 10.0. The second-order valence-corrected chi connectivity index (χ2v) is 5.28. The van der Waals surface area contributed by atoms with E-state index >= 15 is 0 Å². The third-order valence-corrected chi connectivity index (χ3v) is 3.10. The number of furan rings is 1. The zero-order chi connectivity index (χ0) is 17.1. The highest BCUT2D eigenvalue weighted by molar-refractivity contribution is 5.79. The number of aliphatic imine (C=N–C) groups is 1. The number of aliphatic hydroxyl groups is 1. The number of nitrogens with zero attached hydrogens (tertiary/aromatic N) is 1. The van der Waals surface area contributed by atoms with Gasteiger partial charge in [0.15, 0.2) is 5.96 Å². The van der Waals surface area contributed by atoms with Crippen molar-refractivity contribution in [1.82, 2.24) is 10.6 Å². The van der Waals surface area contributed by atoms with Gasteiger partial charge in [0.2, 0.25) is 0 Å². The van der Waals surface area contributed by atoms with Crippen LogP contribution in [0.5, 0.6) is 0 Å². The summed E-state index contributed by atoms with van der Waals surface area (Å²) in [5.74, 6) is 0.861. The maximum absolute atomic E-state index is 11.3. The summed E-state index contributed by atoms with van der Waals surface area (Å²) in [6.45, 7) is 7.25. The number of hydrogen-bond donors (Lipinski definition) is 3. The number of nitrogens with one attached hydrogen (secondary N) is 2. The minimum Gasteiger partial charge on any atom is -0.466 e. The van der Waals surface area contributed by atoms with Crippen LogP contribution in [-0.4, -0.2) is 43.3 Å². The third-order valence-electron chi connectivity index (χ3n) is 3.10. The first kappa shape index (κ1) is 19.0. The van der Waals surface area contributed by atoms with Gasteiger partial charge in [0, 0.05) is 19.5 Å². The van der Waals surface area contributed by atoms with E-state index in [-0.39, 0.29) is 12.5 Å². The van der Waals surface area contributed by atoms with E-state index in [2.05, 4.69) is 15.6 Å². The summed E-state index contributed by atoms with van der Waals surface area (Å²) in [6.07, 6.45) is 2.54. The number of hydrogen-bond acceptors (Lipinski definition) is 5. The molecule has 1 aromatic rings. The third kappa shape index (κ3) is 7.19. The molecule has 1 heterocycles. The lowest BCUT2D eigenvalue weighted by molar-refractivity contribution is -0.143. The van der Waals surface area contributed by atoms with Gasteiger partial charge < -0.3 is 24.9 Å². The van der Waals surface area contributed by atoms with Gasteiger partial charge in [0.25, 0.3) is 0 Å². The van der Waals surface area contributed by atoms with E-state index in [0.29, 0.717) is 44.3 Å². The Morgan fingerprint density at radius 3 is 2.83 bits per heavy atom. The van der Waals surface area contributed by atoms with Gasteiger partial charge >= 0.3 is 5.97 Å². The van der Waals surface area contributed by atoms with Crippen LogP contribution in [0.3, 0.4) is 0 Å². The van der Waals surface area contributed by atoms with Crippen LogP contribution in [0, 0.1) is 0 Å². The largest absolute Gasteiger partial charge is 0.466 e. The van der Waals surface area contributed by atoms with E-state index in [4.69, 9.17) is 9.15 Å². The molecule has 0 bridgehead atoms. The molecule has 0 aliphatic heterocycles. The summed E-state index contributed by atoms with van der Waals surface area (Å²) >= 11 is 0. The van der Waals surface area contributed by atoms with Crippen molar-refractivity contribution in [1.29, 1.82) is 0 Å². The zero-order valence-electron chi connectivity index (χ0n) is 14.1. The zero-order valence-corrected chi connectivity index (χ0v) is 14.1. The summed E-state index contributed by atoms with van der Waals surface area (Å²) in [7, 11) is 0. The molecule has 0 aromatic carbocycles. The molecule has 130 valence electrons. The molecule has 7 heteroatoms. The molecule has 0 fully saturated rings. The minimum absolute atomic E-state index is 0.160. The molecule has 1 aromatic heterocycles. The van der Waals surface area contributed by atoms with Crippen LogP contribution in [-0.2, 0) is 15.1 Å². The normalized spacial score (nSPS) is 14.2. The van der Waals surface area contributed by atoms with E-state index in [1.54, 1.807) is 26.0 Å². The molecule has 0 aliphatic carbocycles. The van der Waals surface area contributed by atoms with Gasteiger partial charge in [-0.05, 0) is 39.3 Å². The Balaban J connectivity index is 2.45. The topological polar surface area (TPSA) is 96.1 Å². The van der Waals surface area contributed by atoms with E-state index in [1.807, 2.05) is 6.92 Å². The van der Waals surface area contributed by atoms with Gasteiger partial charge in [-0.3, -0.25) is 4.79 Å². The van der Waals surface area contributed by atoms with Crippen LogP contribution >= 0.6 is 0 Å². The van der Waals surface area contributed by atoms with Gasteiger partial charge in [0.05, 0.1) is 19.4 Å². The number of guanidine groups is 1. The Bertz CT molecular complexity index is 484. The van der Waals surface area contributed by atoms with Gasteiger partial charge in [-0.2, -0.15) is 0 Å². The lowest BCUT2D eigenvalue weighted by Gasteiger charge is -2.19. The molecule has 7 nitrogen and oxygen atoms in total. The summed E-state index contributed by atoms with van der Waals surface area (Å²) in [5, 5.41) is 16.6. The van der Waals surface area contributed by atoms with Gasteiger partial charge in [-0.15, -0.1) is 0 Å². The van der Waals surface area contributed by atoms with Crippen molar-refractivity contribution < 1.29 is 19.1 Å². The molecule has 23 heavy (non-hydrogen) atoms. The number of rotatable bonds is 9. The standard InChI is InChI=1S/C16H27N3O4/c1-4-17-15(18-10-6-9-14(20)22-5-2)19-12-16(3,21)13-8-7-11-23-13/h7-8,11,21H,4-6,9-10,12H2,1-3H3,(H2,17,18,19). The van der Waals surface area contributed by atoms with Crippen molar-refractivity contribution in [3.63, 3.8) is 0 Å². The average molecular weight is 325 g/mol. The van der Waals surface area contributed by atoms with E-state index in [1.165, 1.54) is 6.26 Å². The monoisotopic (exact) mass is 325 g/mol. The quantitative estimate of drug-likeness (QED) is 0.275. The predicted octanol–water partition coefficient (Wildman–Crippen LogP) is 1.39. The summed E-state index contributed by atoms with van der Waals surface area (Å²) < 4.78 is 10.1. The highest BCUT2D eigenvalue weighted by Crippen LogP contribution is 2.20. The first-order valence-corrected chi connectivity index (χ1v) is 7.93. The molecule has 0 radical (unpaired) electrons. The van der Waals surface area contributed by atoms with E-state index in [9.17, 15) is 9.90 Å². The average Bonchev–Trinajstić information content (AvgIpc) is 3.04. The Kier molecular flexibility index (Phi) is 8.18. The molecule has 1 unspecified atom stereocenters. The van der Waals surface area contributed by atoms with Crippen molar-refractivity contribution in [3.8, 4) is 0 Å². The number of esters is 1. The first-order valence-electron chi connectivity index (χ1n) is 7.93. The molecule has 0 amide bonds. The number of carbonyl (C=O) groups is 1. The fourth-order valence-electron chi connectivity index (χ4n) is 1.91. The second-order valence-electron chi connectivity index (χ2n) is 5.28. The van der Waals surface area contributed by atoms with Crippen LogP contribution in [0.2, 0.25) is 0 Å². The van der Waals surface area contributed by atoms with E-state index < -0.39 is 5.60 Å². The number of carbonyl (C=O) groups excluding carboxylic acids is 1. The van der Waals surface area contributed by atoms with Crippen molar-refractivity contribution in [2.45, 2.75) is 39.2 Å². The molecular formula is C16H27N3O4. The van der Waals surface area contributed by atoms with Crippen LogP contribution < -0.4 is 10.6 Å². The molecule has 1 atom stereocenters.